The van der Waals surface area contributed by atoms with E-state index in [0.717, 1.165) is 107 Å². The molecule has 10 heteroatoms. The van der Waals surface area contributed by atoms with Gasteiger partial charge in [-0.3, -0.25) is 0 Å². The Morgan fingerprint density at radius 1 is 0.236 bits per heavy atom. The summed E-state index contributed by atoms with van der Waals surface area (Å²) < 4.78 is 0. The zero-order valence-electron chi connectivity index (χ0n) is 38.1. The monoisotopic (exact) mass is 992 g/mol. The lowest BCUT2D eigenvalue weighted by atomic mass is 9.88. The number of para-hydroxylation sites is 8. The Labute approximate surface area is 434 Å². The van der Waals surface area contributed by atoms with E-state index in [1.165, 1.54) is 0 Å². The lowest BCUT2D eigenvalue weighted by Crippen LogP contribution is -2.24. The standard InChI is InChI=1S/C62H36N6S4/c63-37-39-33-35-49(65-41-17-1-9-25-51(41)69-52-26-10-2-18-42(52)65)61(67-45-21-5-13-29-55(45)71-56-30-14-6-22-46(56)67)59(39)60-40(38-64)34-36-50(66-43-19-3-11-27-53(43)70-54-28-12-4-20-44(54)66)62(60)68-47-23-7-15-31-57(47)72-58-32-16-8-24-48(58)68/h1-36H. The van der Waals surface area contributed by atoms with E-state index in [1.807, 2.05) is 12.1 Å². The third-order valence-electron chi connectivity index (χ3n) is 13.5. The van der Waals surface area contributed by atoms with Gasteiger partial charge in [-0.25, -0.2) is 0 Å². The fourth-order valence-electron chi connectivity index (χ4n) is 10.5. The van der Waals surface area contributed by atoms with Crippen molar-refractivity contribution in [1.82, 2.24) is 0 Å². The van der Waals surface area contributed by atoms with E-state index in [-0.39, 0.29) is 0 Å². The maximum atomic E-state index is 11.9. The van der Waals surface area contributed by atoms with Crippen LogP contribution in [0.4, 0.5) is 68.2 Å². The van der Waals surface area contributed by atoms with Crippen LogP contribution in [0.1, 0.15) is 11.1 Å². The van der Waals surface area contributed by atoms with Crippen molar-refractivity contribution in [2.45, 2.75) is 39.2 Å². The van der Waals surface area contributed by atoms with Crippen LogP contribution in [0.2, 0.25) is 0 Å². The highest BCUT2D eigenvalue weighted by Gasteiger charge is 2.39. The summed E-state index contributed by atoms with van der Waals surface area (Å²) in [7, 11) is 0. The van der Waals surface area contributed by atoms with Gasteiger partial charge in [0.15, 0.2) is 0 Å². The van der Waals surface area contributed by atoms with Crippen LogP contribution in [0.15, 0.2) is 258 Å². The summed E-state index contributed by atoms with van der Waals surface area (Å²) >= 11 is 7.00. The number of rotatable bonds is 5. The van der Waals surface area contributed by atoms with Crippen LogP contribution in [-0.2, 0) is 0 Å². The van der Waals surface area contributed by atoms with Crippen molar-refractivity contribution in [1.29, 1.82) is 10.5 Å². The van der Waals surface area contributed by atoms with Crippen molar-refractivity contribution < 1.29 is 0 Å². The van der Waals surface area contributed by atoms with Gasteiger partial charge in [-0.1, -0.05) is 144 Å². The molecule has 10 aromatic rings. The van der Waals surface area contributed by atoms with E-state index in [2.05, 4.69) is 238 Å². The van der Waals surface area contributed by atoms with Crippen molar-refractivity contribution >= 4 is 115 Å². The molecule has 0 bridgehead atoms. The van der Waals surface area contributed by atoms with Crippen LogP contribution < -0.4 is 19.6 Å². The Morgan fingerprint density at radius 3 is 0.667 bits per heavy atom. The first kappa shape index (κ1) is 42.6. The van der Waals surface area contributed by atoms with Gasteiger partial charge < -0.3 is 19.6 Å². The number of anilines is 12. The van der Waals surface area contributed by atoms with Crippen LogP contribution in [0.3, 0.4) is 0 Å². The molecule has 10 aromatic carbocycles. The minimum atomic E-state index is 0.438. The predicted octanol–water partition coefficient (Wildman–Crippen LogP) is 18.8. The molecule has 0 saturated carbocycles. The largest absolute Gasteiger partial charge is 0.306 e. The lowest BCUT2D eigenvalue weighted by molar-refractivity contribution is 1.12. The van der Waals surface area contributed by atoms with E-state index in [4.69, 9.17) is 0 Å². The van der Waals surface area contributed by atoms with Crippen molar-refractivity contribution in [2.24, 2.45) is 0 Å². The van der Waals surface area contributed by atoms with Crippen molar-refractivity contribution in [2.75, 3.05) is 19.6 Å². The SMILES string of the molecule is N#Cc1ccc(N2c3ccccc3Sc3ccccc32)c(N2c3ccccc3Sc3ccccc32)c1-c1c(C#N)ccc(N2c3ccccc3Sc3ccccc32)c1N1c2ccccc2Sc2ccccc21. The Morgan fingerprint density at radius 2 is 0.444 bits per heavy atom. The second kappa shape index (κ2) is 17.3. The molecule has 0 atom stereocenters. The third-order valence-corrected chi connectivity index (χ3v) is 18.0. The van der Waals surface area contributed by atoms with Crippen molar-refractivity contribution in [3.8, 4) is 23.3 Å². The summed E-state index contributed by atoms with van der Waals surface area (Å²) in [6, 6.07) is 81.9. The Hall–Kier alpha value is -8.22. The zero-order valence-corrected chi connectivity index (χ0v) is 41.4. The maximum Gasteiger partial charge on any atom is 0.0999 e. The van der Waals surface area contributed by atoms with Gasteiger partial charge in [-0.05, 0) is 121 Å². The molecule has 0 radical (unpaired) electrons. The molecule has 0 unspecified atom stereocenters. The average molecular weight is 993 g/mol. The Balaban J connectivity index is 1.19. The van der Waals surface area contributed by atoms with Crippen LogP contribution in [0.25, 0.3) is 11.1 Å². The molecule has 72 heavy (non-hydrogen) atoms. The quantitative estimate of drug-likeness (QED) is 0.167. The minimum absolute atomic E-state index is 0.438. The van der Waals surface area contributed by atoms with Crippen LogP contribution in [0, 0.1) is 22.7 Å². The third kappa shape index (κ3) is 6.61. The number of benzene rings is 10. The molecule has 6 nitrogen and oxygen atoms in total. The van der Waals surface area contributed by atoms with Gasteiger partial charge >= 0.3 is 0 Å². The molecule has 338 valence electrons. The van der Waals surface area contributed by atoms with E-state index in [0.29, 0.717) is 22.3 Å². The first-order valence-electron chi connectivity index (χ1n) is 23.5. The molecule has 0 N–H and O–H groups in total. The molecular formula is C62H36N6S4. The summed E-state index contributed by atoms with van der Waals surface area (Å²) in [6.45, 7) is 0. The molecule has 14 rings (SSSR count). The second-order valence-electron chi connectivity index (χ2n) is 17.4. The highest BCUT2D eigenvalue weighted by molar-refractivity contribution is 8.00. The zero-order chi connectivity index (χ0) is 47.9. The highest BCUT2D eigenvalue weighted by Crippen LogP contribution is 2.64. The summed E-state index contributed by atoms with van der Waals surface area (Å²) in [5, 5.41) is 23.7. The van der Waals surface area contributed by atoms with E-state index in [9.17, 15) is 10.5 Å². The molecule has 0 amide bonds. The maximum absolute atomic E-state index is 11.9. The van der Waals surface area contributed by atoms with Gasteiger partial charge in [-0.15, -0.1) is 0 Å². The summed E-state index contributed by atoms with van der Waals surface area (Å²) in [6.07, 6.45) is 0. The molecule has 4 heterocycles. The van der Waals surface area contributed by atoms with E-state index >= 15 is 0 Å². The van der Waals surface area contributed by atoms with Crippen molar-refractivity contribution in [3.63, 3.8) is 0 Å². The molecule has 0 fully saturated rings. The fourth-order valence-corrected chi connectivity index (χ4v) is 14.7. The molecule has 0 saturated heterocycles. The van der Waals surface area contributed by atoms with Gasteiger partial charge in [0.2, 0.25) is 0 Å². The van der Waals surface area contributed by atoms with Gasteiger partial charge in [0.1, 0.15) is 0 Å². The minimum Gasteiger partial charge on any atom is -0.306 e. The molecule has 0 aliphatic carbocycles. The Bertz CT molecular complexity index is 3550. The number of fused-ring (bicyclic) bond motifs is 8. The molecule has 0 aromatic heterocycles. The smallest absolute Gasteiger partial charge is 0.0999 e. The van der Waals surface area contributed by atoms with Gasteiger partial charge in [0, 0.05) is 50.3 Å². The lowest BCUT2D eigenvalue weighted by Gasteiger charge is -2.42. The molecular weight excluding hydrogens is 957 g/mol. The first-order chi connectivity index (χ1) is 35.7. The summed E-state index contributed by atoms with van der Waals surface area (Å²) in [4.78, 5) is 18.2. The average Bonchev–Trinajstić information content (AvgIpc) is 3.44. The second-order valence-corrected chi connectivity index (χ2v) is 21.8. The number of nitrogens with zero attached hydrogens (tertiary/aromatic N) is 6. The van der Waals surface area contributed by atoms with Crippen LogP contribution >= 0.6 is 47.0 Å². The van der Waals surface area contributed by atoms with Gasteiger partial charge in [-0.2, -0.15) is 10.5 Å². The number of nitriles is 2. The van der Waals surface area contributed by atoms with E-state index in [1.54, 1.807) is 47.0 Å². The van der Waals surface area contributed by atoms with Crippen LogP contribution in [0.5, 0.6) is 0 Å². The molecule has 0 spiro atoms. The highest BCUT2D eigenvalue weighted by atomic mass is 32.2. The summed E-state index contributed by atoms with van der Waals surface area (Å²) in [5.74, 6) is 0. The van der Waals surface area contributed by atoms with E-state index < -0.39 is 0 Å². The topological polar surface area (TPSA) is 60.5 Å². The number of hydrogen-bond acceptors (Lipinski definition) is 10. The fraction of sp³-hybridized carbons (Fsp3) is 0. The Kier molecular flexibility index (Phi) is 10.2. The first-order valence-corrected chi connectivity index (χ1v) is 26.7. The predicted molar refractivity (Wildman–Crippen MR) is 297 cm³/mol. The summed E-state index contributed by atoms with van der Waals surface area (Å²) in [5.41, 5.74) is 13.5. The number of hydrogen-bond donors (Lipinski definition) is 0. The molecule has 4 aliphatic rings. The van der Waals surface area contributed by atoms with Crippen molar-refractivity contribution in [3.05, 3.63) is 230 Å². The normalized spacial score (nSPS) is 13.5. The van der Waals surface area contributed by atoms with Gasteiger partial charge in [0.25, 0.3) is 0 Å². The van der Waals surface area contributed by atoms with Crippen LogP contribution in [-0.4, -0.2) is 0 Å². The molecule has 4 aliphatic heterocycles. The van der Waals surface area contributed by atoms with Gasteiger partial charge in [0.05, 0.1) is 91.5 Å².